The third-order valence-corrected chi connectivity index (χ3v) is 3.52. The number of hydrogen-bond donors (Lipinski definition) is 1. The molecule has 3 nitrogen and oxygen atoms in total. The maximum absolute atomic E-state index is 5.85. The molecule has 1 aliphatic rings. The van der Waals surface area contributed by atoms with E-state index in [2.05, 4.69) is 43.4 Å². The molecule has 1 aromatic rings. The smallest absolute Gasteiger partial charge is 0.0965 e. The van der Waals surface area contributed by atoms with E-state index in [0.717, 1.165) is 26.0 Å². The van der Waals surface area contributed by atoms with E-state index in [4.69, 9.17) is 9.47 Å². The lowest BCUT2D eigenvalue weighted by Crippen LogP contribution is -2.48. The normalized spacial score (nSPS) is 21.3. The summed E-state index contributed by atoms with van der Waals surface area (Å²) in [6.45, 7) is 7.47. The second-order valence-corrected chi connectivity index (χ2v) is 5.23. The fourth-order valence-corrected chi connectivity index (χ4v) is 2.38. The van der Waals surface area contributed by atoms with Crippen LogP contribution in [-0.4, -0.2) is 38.5 Å². The van der Waals surface area contributed by atoms with Crippen LogP contribution in [-0.2, 0) is 15.9 Å². The number of aryl methyl sites for hydroxylation is 1. The predicted molar refractivity (Wildman–Crippen MR) is 77.5 cm³/mol. The van der Waals surface area contributed by atoms with Gasteiger partial charge in [-0.15, -0.1) is 0 Å². The SMILES string of the molecule is CCCNC(Cc1ccc(C)cc1)C1COCCO1. The van der Waals surface area contributed by atoms with Gasteiger partial charge in [0.05, 0.1) is 25.9 Å². The molecule has 2 atom stereocenters. The zero-order chi connectivity index (χ0) is 13.5. The lowest BCUT2D eigenvalue weighted by Gasteiger charge is -2.31. The molecule has 3 heteroatoms. The third-order valence-electron chi connectivity index (χ3n) is 3.52. The summed E-state index contributed by atoms with van der Waals surface area (Å²) in [6, 6.07) is 9.09. The summed E-state index contributed by atoms with van der Waals surface area (Å²) < 4.78 is 11.4. The third kappa shape index (κ3) is 4.60. The van der Waals surface area contributed by atoms with Crippen molar-refractivity contribution in [1.82, 2.24) is 5.32 Å². The highest BCUT2D eigenvalue weighted by Gasteiger charge is 2.24. The zero-order valence-electron chi connectivity index (χ0n) is 12.0. The molecule has 1 aromatic carbocycles. The summed E-state index contributed by atoms with van der Waals surface area (Å²) in [6.07, 6.45) is 2.30. The topological polar surface area (TPSA) is 30.5 Å². The minimum atomic E-state index is 0.168. The molecule has 0 aromatic heterocycles. The molecule has 0 spiro atoms. The Bertz CT molecular complexity index is 358. The maximum Gasteiger partial charge on any atom is 0.0965 e. The molecule has 0 radical (unpaired) electrons. The molecule has 106 valence electrons. The van der Waals surface area contributed by atoms with Crippen LogP contribution in [0.25, 0.3) is 0 Å². The Morgan fingerprint density at radius 1 is 1.26 bits per heavy atom. The Hall–Kier alpha value is -0.900. The van der Waals surface area contributed by atoms with Crippen molar-refractivity contribution >= 4 is 0 Å². The summed E-state index contributed by atoms with van der Waals surface area (Å²) in [5, 5.41) is 3.60. The molecule has 0 amide bonds. The van der Waals surface area contributed by atoms with Gasteiger partial charge in [-0.05, 0) is 31.9 Å². The molecule has 1 fully saturated rings. The fraction of sp³-hybridized carbons (Fsp3) is 0.625. The fourth-order valence-electron chi connectivity index (χ4n) is 2.38. The van der Waals surface area contributed by atoms with Crippen molar-refractivity contribution in [3.8, 4) is 0 Å². The van der Waals surface area contributed by atoms with Crippen molar-refractivity contribution in [1.29, 1.82) is 0 Å². The van der Waals surface area contributed by atoms with Gasteiger partial charge in [-0.2, -0.15) is 0 Å². The first-order valence-electron chi connectivity index (χ1n) is 7.28. The van der Waals surface area contributed by atoms with Crippen LogP contribution in [0.5, 0.6) is 0 Å². The standard InChI is InChI=1S/C16H25NO2/c1-3-8-17-15(16-12-18-9-10-19-16)11-14-6-4-13(2)5-7-14/h4-7,15-17H,3,8-12H2,1-2H3. The maximum atomic E-state index is 5.85. The Morgan fingerprint density at radius 2 is 2.05 bits per heavy atom. The van der Waals surface area contributed by atoms with Gasteiger partial charge in [0.2, 0.25) is 0 Å². The molecule has 0 saturated carbocycles. The lowest BCUT2D eigenvalue weighted by molar-refractivity contribution is -0.101. The van der Waals surface area contributed by atoms with E-state index in [1.807, 2.05) is 0 Å². The first-order valence-corrected chi connectivity index (χ1v) is 7.28. The van der Waals surface area contributed by atoms with Crippen molar-refractivity contribution in [2.75, 3.05) is 26.4 Å². The molecule has 2 unspecified atom stereocenters. The van der Waals surface area contributed by atoms with Gasteiger partial charge in [0, 0.05) is 6.04 Å². The van der Waals surface area contributed by atoms with E-state index in [1.54, 1.807) is 0 Å². The van der Waals surface area contributed by atoms with Gasteiger partial charge in [-0.3, -0.25) is 0 Å². The number of benzene rings is 1. The van der Waals surface area contributed by atoms with Crippen molar-refractivity contribution in [3.05, 3.63) is 35.4 Å². The van der Waals surface area contributed by atoms with Crippen LogP contribution in [0.3, 0.4) is 0 Å². The van der Waals surface area contributed by atoms with Crippen molar-refractivity contribution < 1.29 is 9.47 Å². The first-order chi connectivity index (χ1) is 9.29. The number of nitrogens with one attached hydrogen (secondary N) is 1. The minimum absolute atomic E-state index is 0.168. The summed E-state index contributed by atoms with van der Waals surface area (Å²) in [7, 11) is 0. The van der Waals surface area contributed by atoms with Crippen LogP contribution < -0.4 is 5.32 Å². The van der Waals surface area contributed by atoms with E-state index in [9.17, 15) is 0 Å². The van der Waals surface area contributed by atoms with Gasteiger partial charge in [-0.25, -0.2) is 0 Å². The number of hydrogen-bond acceptors (Lipinski definition) is 3. The van der Waals surface area contributed by atoms with Crippen LogP contribution in [0.15, 0.2) is 24.3 Å². The molecular weight excluding hydrogens is 238 g/mol. The van der Waals surface area contributed by atoms with Gasteiger partial charge in [-0.1, -0.05) is 36.8 Å². The van der Waals surface area contributed by atoms with Gasteiger partial charge in [0.1, 0.15) is 0 Å². The van der Waals surface area contributed by atoms with Crippen LogP contribution in [0.4, 0.5) is 0 Å². The molecule has 1 heterocycles. The number of rotatable bonds is 6. The van der Waals surface area contributed by atoms with Crippen LogP contribution in [0.2, 0.25) is 0 Å². The van der Waals surface area contributed by atoms with Crippen LogP contribution >= 0.6 is 0 Å². The van der Waals surface area contributed by atoms with Gasteiger partial charge in [0.15, 0.2) is 0 Å². The Morgan fingerprint density at radius 3 is 2.68 bits per heavy atom. The largest absolute Gasteiger partial charge is 0.376 e. The minimum Gasteiger partial charge on any atom is -0.376 e. The molecule has 0 aliphatic carbocycles. The quantitative estimate of drug-likeness (QED) is 0.854. The highest BCUT2D eigenvalue weighted by atomic mass is 16.6. The Balaban J connectivity index is 1.97. The zero-order valence-corrected chi connectivity index (χ0v) is 12.0. The molecule has 1 aliphatic heterocycles. The molecule has 19 heavy (non-hydrogen) atoms. The highest BCUT2D eigenvalue weighted by Crippen LogP contribution is 2.13. The van der Waals surface area contributed by atoms with Crippen LogP contribution in [0.1, 0.15) is 24.5 Å². The van der Waals surface area contributed by atoms with Crippen molar-refractivity contribution in [3.63, 3.8) is 0 Å². The monoisotopic (exact) mass is 263 g/mol. The van der Waals surface area contributed by atoms with Crippen molar-refractivity contribution in [2.24, 2.45) is 0 Å². The number of ether oxygens (including phenoxy) is 2. The molecule has 0 bridgehead atoms. The molecular formula is C16H25NO2. The summed E-state index contributed by atoms with van der Waals surface area (Å²) in [5.74, 6) is 0. The average Bonchev–Trinajstić information content (AvgIpc) is 2.46. The average molecular weight is 263 g/mol. The molecule has 2 rings (SSSR count). The first kappa shape index (κ1) is 14.5. The van der Waals surface area contributed by atoms with E-state index < -0.39 is 0 Å². The van der Waals surface area contributed by atoms with Gasteiger partial charge < -0.3 is 14.8 Å². The molecule has 1 N–H and O–H groups in total. The van der Waals surface area contributed by atoms with E-state index in [-0.39, 0.29) is 6.10 Å². The predicted octanol–water partition coefficient (Wildman–Crippen LogP) is 2.32. The molecule has 1 saturated heterocycles. The summed E-state index contributed by atoms with van der Waals surface area (Å²) in [4.78, 5) is 0. The highest BCUT2D eigenvalue weighted by molar-refractivity contribution is 5.22. The summed E-state index contributed by atoms with van der Waals surface area (Å²) in [5.41, 5.74) is 2.66. The van der Waals surface area contributed by atoms with Gasteiger partial charge >= 0.3 is 0 Å². The lowest BCUT2D eigenvalue weighted by atomic mass is 10.00. The van der Waals surface area contributed by atoms with Crippen molar-refractivity contribution in [2.45, 2.75) is 38.8 Å². The van der Waals surface area contributed by atoms with E-state index in [1.165, 1.54) is 11.1 Å². The van der Waals surface area contributed by atoms with Gasteiger partial charge in [0.25, 0.3) is 0 Å². The van der Waals surface area contributed by atoms with E-state index >= 15 is 0 Å². The summed E-state index contributed by atoms with van der Waals surface area (Å²) >= 11 is 0. The Kier molecular flexibility index (Phi) is 5.83. The van der Waals surface area contributed by atoms with Crippen LogP contribution in [0, 0.1) is 6.92 Å². The second kappa shape index (κ2) is 7.63. The second-order valence-electron chi connectivity index (χ2n) is 5.23. The van der Waals surface area contributed by atoms with E-state index in [0.29, 0.717) is 19.3 Å². The Labute approximate surface area is 116 Å².